The van der Waals surface area contributed by atoms with Crippen LogP contribution in [0.5, 0.6) is 0 Å². The molecule has 0 amide bonds. The van der Waals surface area contributed by atoms with Gasteiger partial charge in [0.25, 0.3) is 0 Å². The van der Waals surface area contributed by atoms with E-state index in [0.29, 0.717) is 5.02 Å². The van der Waals surface area contributed by atoms with Crippen molar-refractivity contribution in [2.45, 2.75) is 6.92 Å². The molecule has 2 aromatic heterocycles. The first kappa shape index (κ1) is 16.5. The van der Waals surface area contributed by atoms with Gasteiger partial charge in [0.2, 0.25) is 0 Å². The Hall–Kier alpha value is -1.95. The van der Waals surface area contributed by atoms with Crippen molar-refractivity contribution in [1.29, 1.82) is 0 Å². The van der Waals surface area contributed by atoms with Gasteiger partial charge in [-0.05, 0) is 36.8 Å². The van der Waals surface area contributed by atoms with E-state index in [4.69, 9.17) is 11.6 Å². The summed E-state index contributed by atoms with van der Waals surface area (Å²) in [7, 11) is 0. The lowest BCUT2D eigenvalue weighted by Crippen LogP contribution is -1.96. The molecule has 2 heterocycles. The van der Waals surface area contributed by atoms with Gasteiger partial charge in [0, 0.05) is 14.9 Å². The number of anilines is 2. The maximum absolute atomic E-state index is 6.30. The predicted molar refractivity (Wildman–Crippen MR) is 110 cm³/mol. The smallest absolute Gasteiger partial charge is 0.143 e. The number of benzene rings is 2. The zero-order chi connectivity index (χ0) is 17.4. The molecular weight excluding hydrogens is 418 g/mol. The molecule has 0 aliphatic carbocycles. The van der Waals surface area contributed by atoms with Crippen LogP contribution in [0.4, 0.5) is 11.5 Å². The highest BCUT2D eigenvalue weighted by atomic mass is 79.9. The Labute approximate surface area is 162 Å². The fourth-order valence-electron chi connectivity index (χ4n) is 2.79. The highest BCUT2D eigenvalue weighted by Crippen LogP contribution is 2.41. The van der Waals surface area contributed by atoms with E-state index in [0.717, 1.165) is 37.3 Å². The molecule has 3 nitrogen and oxygen atoms in total. The molecule has 1 N–H and O–H groups in total. The summed E-state index contributed by atoms with van der Waals surface area (Å²) in [6.45, 7) is 2.11. The average molecular weight is 431 g/mol. The molecule has 0 unspecified atom stereocenters. The van der Waals surface area contributed by atoms with Gasteiger partial charge in [0.1, 0.15) is 17.0 Å². The monoisotopic (exact) mass is 429 g/mol. The van der Waals surface area contributed by atoms with Crippen LogP contribution >= 0.6 is 38.9 Å². The maximum atomic E-state index is 6.30. The second-order valence-electron chi connectivity index (χ2n) is 5.55. The fourth-order valence-corrected chi connectivity index (χ4v) is 4.25. The molecule has 0 saturated carbocycles. The summed E-state index contributed by atoms with van der Waals surface area (Å²) in [6.07, 6.45) is 1.59. The Bertz CT molecular complexity index is 1060. The first-order valence-electron chi connectivity index (χ1n) is 7.65. The van der Waals surface area contributed by atoms with E-state index in [1.807, 2.05) is 36.4 Å². The van der Waals surface area contributed by atoms with Gasteiger partial charge in [-0.3, -0.25) is 0 Å². The highest BCUT2D eigenvalue weighted by molar-refractivity contribution is 9.10. The minimum Gasteiger partial charge on any atom is -0.338 e. The zero-order valence-corrected chi connectivity index (χ0v) is 16.4. The van der Waals surface area contributed by atoms with E-state index in [2.05, 4.69) is 50.3 Å². The Balaban J connectivity index is 1.91. The van der Waals surface area contributed by atoms with Gasteiger partial charge < -0.3 is 5.32 Å². The molecule has 0 radical (unpaired) electrons. The minimum atomic E-state index is 0.659. The Morgan fingerprint density at radius 3 is 2.56 bits per heavy atom. The second kappa shape index (κ2) is 6.75. The van der Waals surface area contributed by atoms with Gasteiger partial charge in [0.05, 0.1) is 16.1 Å². The molecule has 0 bridgehead atoms. The number of halogens is 2. The Morgan fingerprint density at radius 2 is 1.80 bits per heavy atom. The van der Waals surface area contributed by atoms with Crippen LogP contribution in [0.2, 0.25) is 5.02 Å². The second-order valence-corrected chi connectivity index (χ2v) is 8.07. The molecule has 0 saturated heterocycles. The van der Waals surface area contributed by atoms with Gasteiger partial charge in [-0.1, -0.05) is 51.8 Å². The van der Waals surface area contributed by atoms with Crippen molar-refractivity contribution in [3.8, 4) is 11.1 Å². The number of aryl methyl sites for hydroxylation is 1. The molecule has 4 rings (SSSR count). The number of thiophene rings is 1. The van der Waals surface area contributed by atoms with Crippen LogP contribution in [0.1, 0.15) is 4.88 Å². The van der Waals surface area contributed by atoms with E-state index in [9.17, 15) is 0 Å². The molecule has 2 aromatic carbocycles. The van der Waals surface area contributed by atoms with E-state index in [1.54, 1.807) is 17.7 Å². The first-order valence-corrected chi connectivity index (χ1v) is 9.64. The summed E-state index contributed by atoms with van der Waals surface area (Å²) in [5.41, 5.74) is 3.13. The molecule has 6 heteroatoms. The van der Waals surface area contributed by atoms with Crippen molar-refractivity contribution in [3.05, 3.63) is 69.2 Å². The first-order chi connectivity index (χ1) is 12.1. The van der Waals surface area contributed by atoms with E-state index in [-0.39, 0.29) is 0 Å². The normalized spacial score (nSPS) is 11.0. The zero-order valence-electron chi connectivity index (χ0n) is 13.3. The molecule has 0 aliphatic rings. The summed E-state index contributed by atoms with van der Waals surface area (Å²) >= 11 is 11.5. The molecule has 0 atom stereocenters. The summed E-state index contributed by atoms with van der Waals surface area (Å²) in [4.78, 5) is 11.1. The molecular formula is C19H13BrClN3S. The van der Waals surface area contributed by atoms with Crippen LogP contribution in [-0.4, -0.2) is 9.97 Å². The van der Waals surface area contributed by atoms with Crippen LogP contribution in [-0.2, 0) is 0 Å². The van der Waals surface area contributed by atoms with E-state index in [1.165, 1.54) is 4.88 Å². The van der Waals surface area contributed by atoms with Gasteiger partial charge in [0.15, 0.2) is 0 Å². The topological polar surface area (TPSA) is 37.8 Å². The standard InChI is InChI=1S/C19H13BrClN3S/c1-11-16(12-6-8-13(20)9-7-12)17-18(22-10-23-19(17)25-11)24-15-5-3-2-4-14(15)21/h2-10H,1H3,(H,22,23,24). The van der Waals surface area contributed by atoms with Gasteiger partial charge in [-0.15, -0.1) is 11.3 Å². The number of nitrogens with one attached hydrogen (secondary N) is 1. The third kappa shape index (κ3) is 3.15. The summed E-state index contributed by atoms with van der Waals surface area (Å²) in [5, 5.41) is 5.04. The largest absolute Gasteiger partial charge is 0.338 e. The lowest BCUT2D eigenvalue weighted by molar-refractivity contribution is 1.23. The lowest BCUT2D eigenvalue weighted by atomic mass is 10.0. The molecule has 0 aliphatic heterocycles. The molecule has 25 heavy (non-hydrogen) atoms. The number of aromatic nitrogens is 2. The quantitative estimate of drug-likeness (QED) is 0.387. The van der Waals surface area contributed by atoms with Crippen molar-refractivity contribution in [3.63, 3.8) is 0 Å². The number of para-hydroxylation sites is 1. The lowest BCUT2D eigenvalue weighted by Gasteiger charge is -2.10. The van der Waals surface area contributed by atoms with Gasteiger partial charge in [-0.2, -0.15) is 0 Å². The Morgan fingerprint density at radius 1 is 1.04 bits per heavy atom. The van der Waals surface area contributed by atoms with E-state index >= 15 is 0 Å². The number of fused-ring (bicyclic) bond motifs is 1. The van der Waals surface area contributed by atoms with Crippen molar-refractivity contribution >= 4 is 60.6 Å². The molecule has 4 aromatic rings. The maximum Gasteiger partial charge on any atom is 0.143 e. The summed E-state index contributed by atoms with van der Waals surface area (Å²) in [5.74, 6) is 0.764. The average Bonchev–Trinajstić information content (AvgIpc) is 2.95. The van der Waals surface area contributed by atoms with Crippen LogP contribution in [0.15, 0.2) is 59.3 Å². The minimum absolute atomic E-state index is 0.659. The van der Waals surface area contributed by atoms with Crippen LogP contribution in [0.3, 0.4) is 0 Å². The predicted octanol–water partition coefficient (Wildman–Crippen LogP) is 6.83. The highest BCUT2D eigenvalue weighted by Gasteiger charge is 2.17. The number of hydrogen-bond acceptors (Lipinski definition) is 4. The van der Waals surface area contributed by atoms with Crippen molar-refractivity contribution in [1.82, 2.24) is 9.97 Å². The number of nitrogens with zero attached hydrogens (tertiary/aromatic N) is 2. The molecule has 0 spiro atoms. The van der Waals surface area contributed by atoms with Crippen LogP contribution < -0.4 is 5.32 Å². The number of hydrogen-bond donors (Lipinski definition) is 1. The molecule has 124 valence electrons. The van der Waals surface area contributed by atoms with Crippen molar-refractivity contribution in [2.24, 2.45) is 0 Å². The third-order valence-electron chi connectivity index (χ3n) is 3.92. The molecule has 0 fully saturated rings. The SMILES string of the molecule is Cc1sc2ncnc(Nc3ccccc3Cl)c2c1-c1ccc(Br)cc1. The summed E-state index contributed by atoms with van der Waals surface area (Å²) in [6, 6.07) is 15.9. The van der Waals surface area contributed by atoms with E-state index < -0.39 is 0 Å². The van der Waals surface area contributed by atoms with Crippen molar-refractivity contribution in [2.75, 3.05) is 5.32 Å². The van der Waals surface area contributed by atoms with Crippen LogP contribution in [0.25, 0.3) is 21.3 Å². The van der Waals surface area contributed by atoms with Gasteiger partial charge >= 0.3 is 0 Å². The third-order valence-corrected chi connectivity index (χ3v) is 5.80. The van der Waals surface area contributed by atoms with Crippen molar-refractivity contribution < 1.29 is 0 Å². The number of rotatable bonds is 3. The van der Waals surface area contributed by atoms with Gasteiger partial charge in [-0.25, -0.2) is 9.97 Å². The summed E-state index contributed by atoms with van der Waals surface area (Å²) < 4.78 is 1.05. The van der Waals surface area contributed by atoms with Crippen LogP contribution in [0, 0.1) is 6.92 Å². The Kier molecular flexibility index (Phi) is 4.46. The fraction of sp³-hybridized carbons (Fsp3) is 0.0526.